The van der Waals surface area contributed by atoms with Crippen LogP contribution in [0.2, 0.25) is 0 Å². The molecule has 0 bridgehead atoms. The zero-order chi connectivity index (χ0) is 41.8. The molecule has 13 nitrogen and oxygen atoms in total. The first-order valence-electron chi connectivity index (χ1n) is 19.8. The fourth-order valence-electron chi connectivity index (χ4n) is 9.13. The van der Waals surface area contributed by atoms with Gasteiger partial charge in [0, 0.05) is 13.7 Å². The van der Waals surface area contributed by atoms with E-state index >= 15 is 14.4 Å². The minimum absolute atomic E-state index is 0.0463. The van der Waals surface area contributed by atoms with Gasteiger partial charge in [-0.15, -0.1) is 0 Å². The Balaban J connectivity index is 1.38. The number of para-hydroxylation sites is 1. The molecule has 60 heavy (non-hydrogen) atoms. The van der Waals surface area contributed by atoms with Crippen molar-refractivity contribution in [3.63, 3.8) is 0 Å². The van der Waals surface area contributed by atoms with Crippen molar-refractivity contribution in [3.05, 3.63) is 167 Å². The van der Waals surface area contributed by atoms with E-state index in [1.54, 1.807) is 72.8 Å². The predicted octanol–water partition coefficient (Wildman–Crippen LogP) is 5.36. The first-order valence-corrected chi connectivity index (χ1v) is 19.8. The number of amides is 3. The third kappa shape index (κ3) is 7.09. The number of nitrogens with one attached hydrogen (secondary N) is 1. The lowest BCUT2D eigenvalue weighted by molar-refractivity contribution is -0.178. The number of nitrogens with zero attached hydrogens (tertiary/aromatic N) is 2. The molecular formula is C47H45N3O10. The van der Waals surface area contributed by atoms with Crippen LogP contribution in [-0.2, 0) is 34.0 Å². The van der Waals surface area contributed by atoms with Crippen LogP contribution in [0.1, 0.15) is 52.1 Å². The van der Waals surface area contributed by atoms with E-state index in [1.807, 2.05) is 71.6 Å². The van der Waals surface area contributed by atoms with Crippen LogP contribution >= 0.6 is 0 Å². The molecule has 1 spiro atoms. The molecule has 7 unspecified atom stereocenters. The van der Waals surface area contributed by atoms with E-state index in [0.717, 1.165) is 10.5 Å². The Labute approximate surface area is 347 Å². The minimum atomic E-state index is -1.96. The van der Waals surface area contributed by atoms with Gasteiger partial charge in [0.05, 0.1) is 43.0 Å². The largest absolute Gasteiger partial charge is 0.491 e. The molecule has 3 amide bonds. The molecule has 3 aliphatic rings. The number of carbonyl (C=O) groups is 4. The monoisotopic (exact) mass is 811 g/mol. The van der Waals surface area contributed by atoms with Crippen molar-refractivity contribution in [1.29, 1.82) is 0 Å². The normalized spacial score (nSPS) is 23.7. The van der Waals surface area contributed by atoms with Gasteiger partial charge in [-0.05, 0) is 46.0 Å². The number of cyclic esters (lactones) is 1. The molecule has 0 saturated carbocycles. The summed E-state index contributed by atoms with van der Waals surface area (Å²) < 4.78 is 22.9. The van der Waals surface area contributed by atoms with E-state index < -0.39 is 65.5 Å². The Kier molecular flexibility index (Phi) is 11.8. The number of ether oxygens (including phenoxy) is 4. The van der Waals surface area contributed by atoms with Crippen LogP contribution in [-0.4, -0.2) is 85.1 Å². The van der Waals surface area contributed by atoms with Crippen LogP contribution in [0.4, 0.5) is 10.5 Å². The number of esters is 1. The minimum Gasteiger partial charge on any atom is -0.491 e. The topological polar surface area (TPSA) is 164 Å². The van der Waals surface area contributed by atoms with E-state index in [1.165, 1.54) is 7.11 Å². The number of anilines is 1. The first kappa shape index (κ1) is 40.4. The number of methoxy groups -OCH3 is 1. The first-order chi connectivity index (χ1) is 29.3. The van der Waals surface area contributed by atoms with Gasteiger partial charge in [-0.2, -0.15) is 0 Å². The quantitative estimate of drug-likeness (QED) is 0.104. The lowest BCUT2D eigenvalue weighted by Gasteiger charge is -2.46. The second kappa shape index (κ2) is 17.5. The van der Waals surface area contributed by atoms with Crippen molar-refractivity contribution < 1.29 is 48.3 Å². The zero-order valence-corrected chi connectivity index (χ0v) is 32.8. The van der Waals surface area contributed by atoms with Crippen molar-refractivity contribution in [2.45, 2.75) is 35.7 Å². The third-order valence-corrected chi connectivity index (χ3v) is 11.6. The molecule has 0 aromatic heterocycles. The zero-order valence-electron chi connectivity index (χ0n) is 32.8. The van der Waals surface area contributed by atoms with E-state index in [9.17, 15) is 15.0 Å². The SMILES string of the molecule is COCCOC(=O)N1C(=O)C2(c3ccccc31)C(C(=O)NCC(O)c1ccccc1)C1C(=O)OC(c3ccccc3)C(c3ccccc3)N1C2c1ccc(OCCO)cc1. The van der Waals surface area contributed by atoms with Crippen LogP contribution in [0.15, 0.2) is 140 Å². The fourth-order valence-corrected chi connectivity index (χ4v) is 9.13. The standard InChI is InChI=1S/C47H45N3O10/c1-57-27-28-59-46(56)49-36-20-12-11-19-35(36)47(45(49)55)38(43(53)48-29-37(52)30-13-5-2-6-14-30)40-44(54)60-41(32-17-9-4-10-18-32)39(31-15-7-3-8-16-31)50(40)42(47)33-21-23-34(24-22-33)58-26-25-51/h2-24,37-42,51-52H,25-29H2,1H3,(H,48,53). The molecule has 8 rings (SSSR count). The van der Waals surface area contributed by atoms with E-state index in [-0.39, 0.29) is 38.7 Å². The lowest BCUT2D eigenvalue weighted by Crippen LogP contribution is -2.56. The number of benzene rings is 5. The Morgan fingerprint density at radius 3 is 2.07 bits per heavy atom. The van der Waals surface area contributed by atoms with Gasteiger partial charge >= 0.3 is 12.1 Å². The fraction of sp³-hybridized carbons (Fsp3) is 0.277. The number of aliphatic hydroxyl groups is 2. The van der Waals surface area contributed by atoms with Crippen LogP contribution in [0.25, 0.3) is 0 Å². The van der Waals surface area contributed by atoms with Crippen molar-refractivity contribution in [3.8, 4) is 5.75 Å². The molecule has 3 N–H and O–H groups in total. The Hall–Kier alpha value is -6.38. The molecule has 308 valence electrons. The summed E-state index contributed by atoms with van der Waals surface area (Å²) in [7, 11) is 1.46. The number of rotatable bonds is 13. The number of hydrogen-bond donors (Lipinski definition) is 3. The smallest absolute Gasteiger partial charge is 0.421 e. The number of aliphatic hydroxyl groups excluding tert-OH is 2. The van der Waals surface area contributed by atoms with E-state index in [2.05, 4.69) is 5.32 Å². The summed E-state index contributed by atoms with van der Waals surface area (Å²) in [5.41, 5.74) is 1.11. The molecule has 7 atom stereocenters. The summed E-state index contributed by atoms with van der Waals surface area (Å²) in [5.74, 6) is -3.29. The second-order valence-electron chi connectivity index (χ2n) is 14.8. The summed E-state index contributed by atoms with van der Waals surface area (Å²) in [6, 6.07) is 38.0. The van der Waals surface area contributed by atoms with Gasteiger partial charge in [-0.25, -0.2) is 9.69 Å². The number of hydrogen-bond acceptors (Lipinski definition) is 11. The Morgan fingerprint density at radius 2 is 1.40 bits per heavy atom. The van der Waals surface area contributed by atoms with Crippen LogP contribution < -0.4 is 15.0 Å². The molecule has 3 aliphatic heterocycles. The van der Waals surface area contributed by atoms with Gasteiger partial charge in [-0.3, -0.25) is 19.3 Å². The Bertz CT molecular complexity index is 2310. The van der Waals surface area contributed by atoms with Crippen LogP contribution in [0.3, 0.4) is 0 Å². The van der Waals surface area contributed by atoms with Gasteiger partial charge in [0.15, 0.2) is 0 Å². The molecule has 0 aliphatic carbocycles. The second-order valence-corrected chi connectivity index (χ2v) is 14.8. The molecule has 13 heteroatoms. The molecule has 5 aromatic carbocycles. The highest BCUT2D eigenvalue weighted by molar-refractivity contribution is 6.23. The highest BCUT2D eigenvalue weighted by Crippen LogP contribution is 2.65. The average molecular weight is 812 g/mol. The van der Waals surface area contributed by atoms with Crippen molar-refractivity contribution in [2.24, 2.45) is 5.92 Å². The molecular weight excluding hydrogens is 767 g/mol. The van der Waals surface area contributed by atoms with Gasteiger partial charge in [-0.1, -0.05) is 121 Å². The van der Waals surface area contributed by atoms with E-state index in [0.29, 0.717) is 28.0 Å². The highest BCUT2D eigenvalue weighted by atomic mass is 16.6. The summed E-state index contributed by atoms with van der Waals surface area (Å²) in [6.07, 6.45) is -2.99. The number of carbonyl (C=O) groups excluding carboxylic acids is 4. The van der Waals surface area contributed by atoms with Crippen LogP contribution in [0, 0.1) is 5.92 Å². The molecule has 0 radical (unpaired) electrons. The van der Waals surface area contributed by atoms with Crippen molar-refractivity contribution in [2.75, 3.05) is 45.0 Å². The molecule has 5 aromatic rings. The van der Waals surface area contributed by atoms with Gasteiger partial charge in [0.1, 0.15) is 36.5 Å². The molecule has 2 saturated heterocycles. The van der Waals surface area contributed by atoms with Gasteiger partial charge in [0.25, 0.3) is 0 Å². The van der Waals surface area contributed by atoms with Gasteiger partial charge in [0.2, 0.25) is 11.8 Å². The molecule has 3 heterocycles. The predicted molar refractivity (Wildman–Crippen MR) is 219 cm³/mol. The maximum absolute atomic E-state index is 15.9. The Morgan fingerprint density at radius 1 is 0.767 bits per heavy atom. The van der Waals surface area contributed by atoms with Gasteiger partial charge < -0.3 is 34.5 Å². The van der Waals surface area contributed by atoms with Crippen molar-refractivity contribution in [1.82, 2.24) is 10.2 Å². The maximum Gasteiger partial charge on any atom is 0.421 e. The third-order valence-electron chi connectivity index (χ3n) is 11.6. The highest BCUT2D eigenvalue weighted by Gasteiger charge is 2.75. The maximum atomic E-state index is 15.9. The number of fused-ring (bicyclic) bond motifs is 3. The summed E-state index contributed by atoms with van der Waals surface area (Å²) in [6.45, 7) is -0.479. The van der Waals surface area contributed by atoms with E-state index in [4.69, 9.17) is 18.9 Å². The summed E-state index contributed by atoms with van der Waals surface area (Å²) >= 11 is 0. The van der Waals surface area contributed by atoms with Crippen molar-refractivity contribution >= 4 is 29.6 Å². The number of imide groups is 1. The summed E-state index contributed by atoms with van der Waals surface area (Å²) in [4.78, 5) is 63.3. The van der Waals surface area contributed by atoms with Crippen LogP contribution in [0.5, 0.6) is 5.75 Å². The molecule has 2 fully saturated rings. The summed E-state index contributed by atoms with van der Waals surface area (Å²) in [5, 5.41) is 23.6. The number of morpholine rings is 1. The lowest BCUT2D eigenvalue weighted by atomic mass is 9.65. The average Bonchev–Trinajstić information content (AvgIpc) is 3.75.